The van der Waals surface area contributed by atoms with Crippen molar-refractivity contribution < 1.29 is 4.79 Å². The van der Waals surface area contributed by atoms with Crippen LogP contribution in [0.3, 0.4) is 0 Å². The minimum Gasteiger partial charge on any atom is -0.272 e. The molecule has 1 N–H and O–H groups in total. The van der Waals surface area contributed by atoms with Gasteiger partial charge in [0.1, 0.15) is 0 Å². The number of thioether (sulfide) groups is 1. The number of benzene rings is 2. The first-order valence-corrected chi connectivity index (χ1v) is 8.18. The zero-order chi connectivity index (χ0) is 15.1. The number of nitrogens with one attached hydrogen (secondary N) is 1. The molecule has 2 aromatic carbocycles. The topological polar surface area (TPSA) is 41.5 Å². The maximum absolute atomic E-state index is 11.7. The molecule has 5 heteroatoms. The highest BCUT2D eigenvalue weighted by molar-refractivity contribution is 9.10. The molecule has 0 heterocycles. The van der Waals surface area contributed by atoms with E-state index in [0.717, 1.165) is 14.9 Å². The summed E-state index contributed by atoms with van der Waals surface area (Å²) in [5.41, 5.74) is 4.67. The lowest BCUT2D eigenvalue weighted by Crippen LogP contribution is -2.19. The number of carbonyl (C=O) groups excluding carboxylic acids is 1. The number of rotatable bonds is 5. The molecule has 3 nitrogen and oxygen atoms in total. The maximum atomic E-state index is 11.7. The van der Waals surface area contributed by atoms with Crippen LogP contribution in [-0.4, -0.2) is 17.9 Å². The van der Waals surface area contributed by atoms with Gasteiger partial charge in [-0.05, 0) is 36.8 Å². The van der Waals surface area contributed by atoms with Crippen LogP contribution >= 0.6 is 27.7 Å². The molecule has 21 heavy (non-hydrogen) atoms. The molecule has 0 saturated carbocycles. The Hall–Kier alpha value is -1.59. The van der Waals surface area contributed by atoms with Crippen molar-refractivity contribution in [3.8, 4) is 0 Å². The zero-order valence-corrected chi connectivity index (χ0v) is 13.9. The van der Waals surface area contributed by atoms with Gasteiger partial charge in [0.2, 0.25) is 5.91 Å². The summed E-state index contributed by atoms with van der Waals surface area (Å²) < 4.78 is 1.01. The fourth-order valence-electron chi connectivity index (χ4n) is 1.54. The second-order valence-electron chi connectivity index (χ2n) is 4.45. The van der Waals surface area contributed by atoms with E-state index in [0.29, 0.717) is 5.75 Å². The summed E-state index contributed by atoms with van der Waals surface area (Å²) in [6, 6.07) is 15.8. The Morgan fingerprint density at radius 3 is 2.52 bits per heavy atom. The molecule has 108 valence electrons. The Bertz CT molecular complexity index is 624. The Morgan fingerprint density at radius 2 is 1.86 bits per heavy atom. The van der Waals surface area contributed by atoms with E-state index in [1.54, 1.807) is 6.21 Å². The van der Waals surface area contributed by atoms with Gasteiger partial charge in [-0.15, -0.1) is 11.8 Å². The summed E-state index contributed by atoms with van der Waals surface area (Å²) in [6.07, 6.45) is 1.63. The molecule has 0 fully saturated rings. The van der Waals surface area contributed by atoms with E-state index in [9.17, 15) is 4.79 Å². The van der Waals surface area contributed by atoms with Gasteiger partial charge in [-0.3, -0.25) is 4.79 Å². The van der Waals surface area contributed by atoms with Crippen LogP contribution in [-0.2, 0) is 4.79 Å². The number of nitrogens with zero attached hydrogens (tertiary/aromatic N) is 1. The second-order valence-corrected chi connectivity index (χ2v) is 6.41. The molecule has 1 amide bonds. The van der Waals surface area contributed by atoms with Gasteiger partial charge in [-0.25, -0.2) is 5.43 Å². The second kappa shape index (κ2) is 8.00. The molecular formula is C16H15BrN2OS. The van der Waals surface area contributed by atoms with Gasteiger partial charge in [0, 0.05) is 9.37 Å². The van der Waals surface area contributed by atoms with Crippen molar-refractivity contribution in [2.45, 2.75) is 11.8 Å². The van der Waals surface area contributed by atoms with Crippen molar-refractivity contribution in [3.05, 3.63) is 64.1 Å². The van der Waals surface area contributed by atoms with Crippen molar-refractivity contribution in [2.75, 3.05) is 5.75 Å². The van der Waals surface area contributed by atoms with Crippen LogP contribution in [0, 0.1) is 6.92 Å². The quantitative estimate of drug-likeness (QED) is 0.496. The van der Waals surface area contributed by atoms with Crippen molar-refractivity contribution in [1.82, 2.24) is 5.43 Å². The van der Waals surface area contributed by atoms with Crippen LogP contribution in [0.25, 0.3) is 0 Å². The molecule has 0 atom stereocenters. The van der Waals surface area contributed by atoms with E-state index in [-0.39, 0.29) is 5.91 Å². The summed E-state index contributed by atoms with van der Waals surface area (Å²) in [5.74, 6) is 0.231. The molecule has 0 saturated heterocycles. The molecular weight excluding hydrogens is 348 g/mol. The molecule has 2 aromatic rings. The summed E-state index contributed by atoms with van der Waals surface area (Å²) in [4.78, 5) is 12.8. The van der Waals surface area contributed by atoms with Gasteiger partial charge < -0.3 is 0 Å². The lowest BCUT2D eigenvalue weighted by atomic mass is 10.2. The highest BCUT2D eigenvalue weighted by Gasteiger charge is 2.01. The number of hydrogen-bond donors (Lipinski definition) is 1. The van der Waals surface area contributed by atoms with Crippen molar-refractivity contribution in [2.24, 2.45) is 5.10 Å². The van der Waals surface area contributed by atoms with E-state index in [2.05, 4.69) is 26.5 Å². The minimum absolute atomic E-state index is 0.117. The van der Waals surface area contributed by atoms with Crippen LogP contribution in [0.2, 0.25) is 0 Å². The smallest absolute Gasteiger partial charge is 0.250 e. The first-order valence-electron chi connectivity index (χ1n) is 6.40. The van der Waals surface area contributed by atoms with Gasteiger partial charge in [-0.2, -0.15) is 5.10 Å². The summed E-state index contributed by atoms with van der Waals surface area (Å²) in [5, 5.41) is 3.94. The largest absolute Gasteiger partial charge is 0.272 e. The molecule has 0 unspecified atom stereocenters. The lowest BCUT2D eigenvalue weighted by molar-refractivity contribution is -0.118. The van der Waals surface area contributed by atoms with Crippen LogP contribution in [0.5, 0.6) is 0 Å². The Balaban J connectivity index is 1.77. The molecule has 0 aliphatic rings. The average Bonchev–Trinajstić information content (AvgIpc) is 2.49. The number of hydrazone groups is 1. The maximum Gasteiger partial charge on any atom is 0.250 e. The number of aryl methyl sites for hydroxylation is 1. The van der Waals surface area contributed by atoms with Crippen LogP contribution in [0.1, 0.15) is 11.1 Å². The molecule has 0 radical (unpaired) electrons. The highest BCUT2D eigenvalue weighted by atomic mass is 79.9. The third-order valence-electron chi connectivity index (χ3n) is 2.66. The van der Waals surface area contributed by atoms with Crippen LogP contribution in [0.4, 0.5) is 0 Å². The van der Waals surface area contributed by atoms with Gasteiger partial charge in [0.15, 0.2) is 0 Å². The summed E-state index contributed by atoms with van der Waals surface area (Å²) in [6.45, 7) is 2.04. The molecule has 0 aliphatic carbocycles. The lowest BCUT2D eigenvalue weighted by Gasteiger charge is -2.01. The van der Waals surface area contributed by atoms with Gasteiger partial charge >= 0.3 is 0 Å². The van der Waals surface area contributed by atoms with Gasteiger partial charge in [-0.1, -0.05) is 45.8 Å². The molecule has 0 aromatic heterocycles. The molecule has 2 rings (SSSR count). The van der Waals surface area contributed by atoms with E-state index in [1.165, 1.54) is 17.3 Å². The van der Waals surface area contributed by atoms with E-state index in [4.69, 9.17) is 0 Å². The number of halogens is 1. The highest BCUT2D eigenvalue weighted by Crippen LogP contribution is 2.17. The Morgan fingerprint density at radius 1 is 1.19 bits per heavy atom. The zero-order valence-electron chi connectivity index (χ0n) is 11.5. The Kier molecular flexibility index (Phi) is 6.02. The third-order valence-corrected chi connectivity index (χ3v) is 4.20. The SMILES string of the molecule is Cc1ccc(SCC(=O)N/N=C\c2ccc(Br)cc2)cc1. The van der Waals surface area contributed by atoms with Gasteiger partial charge in [0.05, 0.1) is 12.0 Å². The molecule has 0 aliphatic heterocycles. The van der Waals surface area contributed by atoms with Crippen molar-refractivity contribution >= 4 is 39.8 Å². The van der Waals surface area contributed by atoms with Crippen LogP contribution in [0.15, 0.2) is 63.0 Å². The first kappa shape index (κ1) is 15.8. The fraction of sp³-hybridized carbons (Fsp3) is 0.125. The van der Waals surface area contributed by atoms with E-state index in [1.807, 2.05) is 55.5 Å². The van der Waals surface area contributed by atoms with Gasteiger partial charge in [0.25, 0.3) is 0 Å². The Labute approximate surface area is 137 Å². The van der Waals surface area contributed by atoms with E-state index >= 15 is 0 Å². The standard InChI is InChI=1S/C16H15BrN2OS/c1-12-2-8-15(9-3-12)21-11-16(20)19-18-10-13-4-6-14(17)7-5-13/h2-10H,11H2,1H3,(H,19,20)/b18-10-. The van der Waals surface area contributed by atoms with Crippen molar-refractivity contribution in [1.29, 1.82) is 0 Å². The number of amides is 1. The summed E-state index contributed by atoms with van der Waals surface area (Å²) in [7, 11) is 0. The predicted octanol–water partition coefficient (Wildman–Crippen LogP) is 4.00. The molecule has 0 spiro atoms. The minimum atomic E-state index is -0.117. The monoisotopic (exact) mass is 362 g/mol. The number of carbonyl (C=O) groups is 1. The third kappa shape index (κ3) is 5.73. The molecule has 0 bridgehead atoms. The predicted molar refractivity (Wildman–Crippen MR) is 91.8 cm³/mol. The van der Waals surface area contributed by atoms with Crippen LogP contribution < -0.4 is 5.43 Å². The average molecular weight is 363 g/mol. The van der Waals surface area contributed by atoms with E-state index < -0.39 is 0 Å². The normalized spacial score (nSPS) is 10.8. The van der Waals surface area contributed by atoms with Crippen molar-refractivity contribution in [3.63, 3.8) is 0 Å². The first-order chi connectivity index (χ1) is 10.1. The fourth-order valence-corrected chi connectivity index (χ4v) is 2.50. The summed E-state index contributed by atoms with van der Waals surface area (Å²) >= 11 is 4.86. The number of hydrogen-bond acceptors (Lipinski definition) is 3.